The van der Waals surface area contributed by atoms with Crippen LogP contribution in [0, 0.1) is 5.92 Å². The average molecular weight is 262 g/mol. The predicted octanol–water partition coefficient (Wildman–Crippen LogP) is 1.15. The van der Waals surface area contributed by atoms with Crippen molar-refractivity contribution in [1.82, 2.24) is 10.2 Å². The molecule has 1 heterocycles. The summed E-state index contributed by atoms with van der Waals surface area (Å²) in [6.45, 7) is -0.825. The molecule has 0 bridgehead atoms. The number of halogens is 5. The third kappa shape index (κ3) is 1.95. The maximum atomic E-state index is 12.9. The number of carbonyl (C=O) groups is 1. The molecule has 92 valence electrons. The first-order valence-electron chi connectivity index (χ1n) is 4.09. The van der Waals surface area contributed by atoms with Gasteiger partial charge in [0.15, 0.2) is 5.11 Å². The molecule has 1 saturated heterocycles. The first-order chi connectivity index (χ1) is 7.09. The molecule has 0 aromatic rings. The number of nitrogens with one attached hydrogen (secondary N) is 1. The van der Waals surface area contributed by atoms with E-state index in [0.717, 1.165) is 7.05 Å². The summed E-state index contributed by atoms with van der Waals surface area (Å²) in [7, 11) is 1.04. The predicted molar refractivity (Wildman–Crippen MR) is 47.9 cm³/mol. The van der Waals surface area contributed by atoms with Crippen molar-refractivity contribution < 1.29 is 26.7 Å². The number of nitrogens with zero attached hydrogens (tertiary/aromatic N) is 1. The summed E-state index contributed by atoms with van der Waals surface area (Å²) >= 11 is 4.54. The van der Waals surface area contributed by atoms with Crippen molar-refractivity contribution in [3.05, 3.63) is 0 Å². The summed E-state index contributed by atoms with van der Waals surface area (Å²) in [6.07, 6.45) is -5.76. The third-order valence-corrected chi connectivity index (χ3v) is 2.62. The molecule has 1 unspecified atom stereocenters. The van der Waals surface area contributed by atoms with E-state index in [4.69, 9.17) is 0 Å². The van der Waals surface area contributed by atoms with Crippen molar-refractivity contribution in [3.63, 3.8) is 0 Å². The number of carbonyl (C=O) groups excluding carboxylic acids is 1. The summed E-state index contributed by atoms with van der Waals surface area (Å²) in [6, 6.07) is 0. The number of thiocarbonyl (C=S) groups is 1. The smallest absolute Gasteiger partial charge is 0.361 e. The first-order valence-corrected chi connectivity index (χ1v) is 4.49. The fraction of sp³-hybridized carbons (Fsp3) is 0.714. The summed E-state index contributed by atoms with van der Waals surface area (Å²) in [4.78, 5) is 11.8. The van der Waals surface area contributed by atoms with Crippen LogP contribution in [0.1, 0.15) is 0 Å². The molecule has 0 saturated carbocycles. The van der Waals surface area contributed by atoms with E-state index in [1.165, 1.54) is 0 Å². The Morgan fingerprint density at radius 2 is 1.88 bits per heavy atom. The van der Waals surface area contributed by atoms with Crippen molar-refractivity contribution in [2.75, 3.05) is 13.6 Å². The molecule has 1 rings (SSSR count). The Bertz CT molecular complexity index is 329. The van der Waals surface area contributed by atoms with Crippen LogP contribution in [0.15, 0.2) is 0 Å². The van der Waals surface area contributed by atoms with Gasteiger partial charge < -0.3 is 5.32 Å². The van der Waals surface area contributed by atoms with Gasteiger partial charge in [-0.25, -0.2) is 0 Å². The minimum absolute atomic E-state index is 0.167. The molecular weight excluding hydrogens is 255 g/mol. The van der Waals surface area contributed by atoms with Gasteiger partial charge in [-0.05, 0) is 12.2 Å². The fourth-order valence-corrected chi connectivity index (χ4v) is 1.38. The molecule has 1 fully saturated rings. The summed E-state index contributed by atoms with van der Waals surface area (Å²) < 4.78 is 61.9. The van der Waals surface area contributed by atoms with Gasteiger partial charge in [-0.3, -0.25) is 9.69 Å². The van der Waals surface area contributed by atoms with Crippen molar-refractivity contribution in [3.8, 4) is 0 Å². The lowest BCUT2D eigenvalue weighted by Crippen LogP contribution is -2.61. The van der Waals surface area contributed by atoms with E-state index in [-0.39, 0.29) is 5.11 Å². The van der Waals surface area contributed by atoms with E-state index < -0.39 is 30.5 Å². The molecule has 1 amide bonds. The van der Waals surface area contributed by atoms with Gasteiger partial charge in [0.25, 0.3) is 0 Å². The van der Waals surface area contributed by atoms with Crippen molar-refractivity contribution >= 4 is 23.2 Å². The molecule has 1 aliphatic rings. The van der Waals surface area contributed by atoms with Crippen LogP contribution in [0.3, 0.4) is 0 Å². The summed E-state index contributed by atoms with van der Waals surface area (Å²) in [5, 5.41) is 1.98. The van der Waals surface area contributed by atoms with E-state index >= 15 is 0 Å². The lowest BCUT2D eigenvalue weighted by molar-refractivity contribution is -0.299. The molecule has 0 aromatic heterocycles. The second-order valence-electron chi connectivity index (χ2n) is 3.26. The Morgan fingerprint density at radius 3 is 2.31 bits per heavy atom. The van der Waals surface area contributed by atoms with Gasteiger partial charge in [0.2, 0.25) is 5.91 Å². The Kier molecular flexibility index (Phi) is 3.10. The minimum Gasteiger partial charge on any atom is -0.361 e. The molecule has 16 heavy (non-hydrogen) atoms. The second-order valence-corrected chi connectivity index (χ2v) is 3.64. The van der Waals surface area contributed by atoms with Gasteiger partial charge in [0.1, 0.15) is 5.92 Å². The van der Waals surface area contributed by atoms with E-state index in [1.54, 1.807) is 0 Å². The highest BCUT2D eigenvalue weighted by molar-refractivity contribution is 7.80. The normalized spacial score (nSPS) is 23.4. The van der Waals surface area contributed by atoms with E-state index in [9.17, 15) is 26.7 Å². The molecule has 0 aliphatic carbocycles. The van der Waals surface area contributed by atoms with Crippen LogP contribution in [0.2, 0.25) is 0 Å². The van der Waals surface area contributed by atoms with Crippen LogP contribution in [-0.4, -0.2) is 41.6 Å². The third-order valence-electron chi connectivity index (χ3n) is 2.21. The topological polar surface area (TPSA) is 32.3 Å². The van der Waals surface area contributed by atoms with Gasteiger partial charge in [-0.1, -0.05) is 0 Å². The molecular formula is C7H7F5N2OS. The molecule has 0 spiro atoms. The Morgan fingerprint density at radius 1 is 1.38 bits per heavy atom. The summed E-state index contributed by atoms with van der Waals surface area (Å²) in [5.41, 5.74) is 0. The van der Waals surface area contributed by atoms with E-state index in [2.05, 4.69) is 17.5 Å². The number of alkyl halides is 5. The number of amides is 1. The van der Waals surface area contributed by atoms with Crippen molar-refractivity contribution in [2.24, 2.45) is 5.92 Å². The highest BCUT2D eigenvalue weighted by Crippen LogP contribution is 2.42. The Balaban J connectivity index is 2.98. The summed E-state index contributed by atoms with van der Waals surface area (Å²) in [5.74, 6) is -8.89. The second kappa shape index (κ2) is 3.79. The Labute approximate surface area is 92.6 Å². The van der Waals surface area contributed by atoms with Crippen LogP contribution in [-0.2, 0) is 4.79 Å². The Hall–Kier alpha value is -0.990. The SMILES string of the molecule is CN1C(=O)C(C(F)(F)C(F)(F)F)CNC1=S. The monoisotopic (exact) mass is 262 g/mol. The zero-order valence-corrected chi connectivity index (χ0v) is 8.75. The minimum atomic E-state index is -5.76. The maximum absolute atomic E-state index is 12.9. The molecule has 3 nitrogen and oxygen atoms in total. The first kappa shape index (κ1) is 13.1. The van der Waals surface area contributed by atoms with E-state index in [1.807, 2.05) is 0 Å². The highest BCUT2D eigenvalue weighted by atomic mass is 32.1. The largest absolute Gasteiger partial charge is 0.454 e. The van der Waals surface area contributed by atoms with Crippen LogP contribution in [0.25, 0.3) is 0 Å². The number of hydrogen-bond donors (Lipinski definition) is 1. The number of rotatable bonds is 1. The van der Waals surface area contributed by atoms with Crippen LogP contribution >= 0.6 is 12.2 Å². The molecule has 0 aromatic carbocycles. The standard InChI is InChI=1S/C7H7F5N2OS/c1-14-4(15)3(2-13-5(14)16)6(8,9)7(10,11)12/h3H,2H2,1H3,(H,13,16). The van der Waals surface area contributed by atoms with Crippen LogP contribution in [0.4, 0.5) is 22.0 Å². The maximum Gasteiger partial charge on any atom is 0.454 e. The average Bonchev–Trinajstić information content (AvgIpc) is 2.12. The molecule has 9 heteroatoms. The zero-order valence-electron chi connectivity index (χ0n) is 7.94. The fourth-order valence-electron chi connectivity index (χ4n) is 1.21. The van der Waals surface area contributed by atoms with Gasteiger partial charge in [0.05, 0.1) is 0 Å². The van der Waals surface area contributed by atoms with Crippen LogP contribution < -0.4 is 5.32 Å². The van der Waals surface area contributed by atoms with E-state index in [0.29, 0.717) is 4.90 Å². The molecule has 1 N–H and O–H groups in total. The van der Waals surface area contributed by atoms with Gasteiger partial charge in [0, 0.05) is 13.6 Å². The lowest BCUT2D eigenvalue weighted by atomic mass is 9.97. The zero-order chi connectivity index (χ0) is 12.7. The highest BCUT2D eigenvalue weighted by Gasteiger charge is 2.65. The lowest BCUT2D eigenvalue weighted by Gasteiger charge is -2.35. The van der Waals surface area contributed by atoms with Gasteiger partial charge in [-0.15, -0.1) is 0 Å². The molecule has 1 atom stereocenters. The quantitative estimate of drug-likeness (QED) is 0.568. The van der Waals surface area contributed by atoms with Gasteiger partial charge >= 0.3 is 12.1 Å². The van der Waals surface area contributed by atoms with Crippen LogP contribution in [0.5, 0.6) is 0 Å². The van der Waals surface area contributed by atoms with Crippen molar-refractivity contribution in [2.45, 2.75) is 12.1 Å². The van der Waals surface area contributed by atoms with Gasteiger partial charge in [-0.2, -0.15) is 22.0 Å². The molecule has 0 radical (unpaired) electrons. The van der Waals surface area contributed by atoms with Crippen molar-refractivity contribution in [1.29, 1.82) is 0 Å². The number of hydrogen-bond acceptors (Lipinski definition) is 2. The molecule has 1 aliphatic heterocycles.